The summed E-state index contributed by atoms with van der Waals surface area (Å²) in [6.45, 7) is 0. The van der Waals surface area contributed by atoms with E-state index in [1.54, 1.807) is 18.2 Å². The topological polar surface area (TPSA) is 99.7 Å². The summed E-state index contributed by atoms with van der Waals surface area (Å²) in [7, 11) is -3.87. The maximum Gasteiger partial charge on any atom is 0.240 e. The van der Waals surface area contributed by atoms with E-state index in [2.05, 4.69) is 4.98 Å². The number of sulfonamides is 1. The number of fused-ring (bicyclic) bond motifs is 1. The van der Waals surface area contributed by atoms with Gasteiger partial charge < -0.3 is 4.98 Å². The molecular formula is C15H10FN3O2S. The van der Waals surface area contributed by atoms with Crippen LogP contribution in [0.3, 0.4) is 0 Å². The molecule has 0 aliphatic rings. The molecule has 0 saturated carbocycles. The highest BCUT2D eigenvalue weighted by atomic mass is 32.2. The number of nitrogens with zero attached hydrogens (tertiary/aromatic N) is 1. The standard InChI is InChI=1S/C15H10FN3O2S/c16-13-5-9(7-17)1-3-11(13)10-2-4-14-12(6-10)15(8-19-14)22(18,20)21/h1-6,8,19H,(H2,18,20,21). The van der Waals surface area contributed by atoms with Crippen LogP contribution in [0, 0.1) is 17.1 Å². The molecule has 1 aromatic heterocycles. The number of H-pyrrole nitrogens is 1. The number of nitriles is 1. The lowest BCUT2D eigenvalue weighted by Gasteiger charge is -2.05. The summed E-state index contributed by atoms with van der Waals surface area (Å²) in [5.41, 5.74) is 1.58. The molecule has 0 unspecified atom stereocenters. The zero-order valence-corrected chi connectivity index (χ0v) is 12.0. The fraction of sp³-hybridized carbons (Fsp3) is 0. The minimum atomic E-state index is -3.87. The lowest BCUT2D eigenvalue weighted by Crippen LogP contribution is -2.11. The highest BCUT2D eigenvalue weighted by Gasteiger charge is 2.15. The van der Waals surface area contributed by atoms with Crippen LogP contribution < -0.4 is 5.14 Å². The highest BCUT2D eigenvalue weighted by molar-refractivity contribution is 7.89. The third-order valence-electron chi connectivity index (χ3n) is 3.36. The lowest BCUT2D eigenvalue weighted by molar-refractivity contribution is 0.598. The number of halogens is 1. The van der Waals surface area contributed by atoms with Crippen LogP contribution in [-0.2, 0) is 10.0 Å². The summed E-state index contributed by atoms with van der Waals surface area (Å²) in [4.78, 5) is 2.77. The van der Waals surface area contributed by atoms with Crippen molar-refractivity contribution in [2.45, 2.75) is 4.90 Å². The third-order valence-corrected chi connectivity index (χ3v) is 4.31. The van der Waals surface area contributed by atoms with Gasteiger partial charge in [0.25, 0.3) is 0 Å². The van der Waals surface area contributed by atoms with Crippen molar-refractivity contribution >= 4 is 20.9 Å². The van der Waals surface area contributed by atoms with Crippen molar-refractivity contribution in [2.75, 3.05) is 0 Å². The largest absolute Gasteiger partial charge is 0.360 e. The van der Waals surface area contributed by atoms with E-state index in [1.165, 1.54) is 18.3 Å². The van der Waals surface area contributed by atoms with Crippen LogP contribution in [0.2, 0.25) is 0 Å². The molecule has 0 spiro atoms. The first-order valence-electron chi connectivity index (χ1n) is 6.24. The molecule has 0 aliphatic heterocycles. The monoisotopic (exact) mass is 315 g/mol. The van der Waals surface area contributed by atoms with Crippen molar-refractivity contribution in [2.24, 2.45) is 5.14 Å². The van der Waals surface area contributed by atoms with Gasteiger partial charge in [-0.2, -0.15) is 5.26 Å². The molecule has 22 heavy (non-hydrogen) atoms. The second kappa shape index (κ2) is 4.94. The van der Waals surface area contributed by atoms with Gasteiger partial charge in [0.05, 0.1) is 11.6 Å². The SMILES string of the molecule is N#Cc1ccc(-c2ccc3[nH]cc(S(N)(=O)=O)c3c2)c(F)c1. The number of rotatable bonds is 2. The van der Waals surface area contributed by atoms with Crippen LogP contribution >= 0.6 is 0 Å². The maximum atomic E-state index is 14.1. The smallest absolute Gasteiger partial charge is 0.240 e. The Bertz CT molecular complexity index is 1030. The van der Waals surface area contributed by atoms with Crippen molar-refractivity contribution in [3.05, 3.63) is 54.0 Å². The Morgan fingerprint density at radius 3 is 2.59 bits per heavy atom. The van der Waals surface area contributed by atoms with E-state index in [1.807, 2.05) is 6.07 Å². The lowest BCUT2D eigenvalue weighted by atomic mass is 10.0. The molecule has 0 fully saturated rings. The predicted octanol–water partition coefficient (Wildman–Crippen LogP) is 2.49. The molecule has 1 heterocycles. The van der Waals surface area contributed by atoms with Gasteiger partial charge in [-0.25, -0.2) is 17.9 Å². The van der Waals surface area contributed by atoms with Crippen molar-refractivity contribution < 1.29 is 12.8 Å². The first kappa shape index (κ1) is 14.3. The number of aromatic nitrogens is 1. The van der Waals surface area contributed by atoms with E-state index in [-0.39, 0.29) is 16.0 Å². The molecule has 0 radical (unpaired) electrons. The molecule has 7 heteroatoms. The van der Waals surface area contributed by atoms with E-state index in [0.717, 1.165) is 6.07 Å². The van der Waals surface area contributed by atoms with Gasteiger partial charge in [0.2, 0.25) is 10.0 Å². The van der Waals surface area contributed by atoms with Crippen molar-refractivity contribution in [3.63, 3.8) is 0 Å². The number of benzene rings is 2. The highest BCUT2D eigenvalue weighted by Crippen LogP contribution is 2.29. The Hall–Kier alpha value is -2.69. The van der Waals surface area contributed by atoms with E-state index < -0.39 is 15.8 Å². The molecule has 110 valence electrons. The summed E-state index contributed by atoms with van der Waals surface area (Å²) in [5, 5.41) is 14.3. The molecule has 3 aromatic rings. The van der Waals surface area contributed by atoms with Gasteiger partial charge in [0.15, 0.2) is 0 Å². The summed E-state index contributed by atoms with van der Waals surface area (Å²) in [6, 6.07) is 10.8. The molecule has 0 bridgehead atoms. The van der Waals surface area contributed by atoms with Crippen LogP contribution in [0.5, 0.6) is 0 Å². The van der Waals surface area contributed by atoms with Gasteiger partial charge in [-0.3, -0.25) is 0 Å². The molecule has 3 rings (SSSR count). The molecule has 0 atom stereocenters. The molecule has 2 aromatic carbocycles. The Kier molecular flexibility index (Phi) is 3.20. The summed E-state index contributed by atoms with van der Waals surface area (Å²) >= 11 is 0. The first-order valence-corrected chi connectivity index (χ1v) is 7.79. The van der Waals surface area contributed by atoms with E-state index in [0.29, 0.717) is 16.5 Å². The Morgan fingerprint density at radius 2 is 1.95 bits per heavy atom. The summed E-state index contributed by atoms with van der Waals surface area (Å²) < 4.78 is 37.2. The van der Waals surface area contributed by atoms with Crippen LogP contribution in [0.4, 0.5) is 4.39 Å². The molecule has 0 amide bonds. The quantitative estimate of drug-likeness (QED) is 0.759. The van der Waals surface area contributed by atoms with Crippen LogP contribution in [-0.4, -0.2) is 13.4 Å². The average Bonchev–Trinajstić information content (AvgIpc) is 2.90. The summed E-state index contributed by atoms with van der Waals surface area (Å²) in [5.74, 6) is -0.550. The number of nitrogens with one attached hydrogen (secondary N) is 1. The average molecular weight is 315 g/mol. The fourth-order valence-electron chi connectivity index (χ4n) is 2.32. The zero-order chi connectivity index (χ0) is 15.9. The number of hydrogen-bond acceptors (Lipinski definition) is 3. The van der Waals surface area contributed by atoms with Gasteiger partial charge in [-0.1, -0.05) is 12.1 Å². The summed E-state index contributed by atoms with van der Waals surface area (Å²) in [6.07, 6.45) is 1.30. The Labute approximate surface area is 125 Å². The van der Waals surface area contributed by atoms with E-state index in [4.69, 9.17) is 10.4 Å². The number of hydrogen-bond donors (Lipinski definition) is 2. The van der Waals surface area contributed by atoms with Gasteiger partial charge in [-0.15, -0.1) is 0 Å². The maximum absolute atomic E-state index is 14.1. The van der Waals surface area contributed by atoms with Crippen molar-refractivity contribution in [3.8, 4) is 17.2 Å². The van der Waals surface area contributed by atoms with Crippen molar-refractivity contribution in [1.29, 1.82) is 5.26 Å². The van der Waals surface area contributed by atoms with Gasteiger partial charge in [-0.05, 0) is 29.8 Å². The second-order valence-electron chi connectivity index (χ2n) is 4.76. The van der Waals surface area contributed by atoms with E-state index in [9.17, 15) is 12.8 Å². The van der Waals surface area contributed by atoms with Crippen molar-refractivity contribution in [1.82, 2.24) is 4.98 Å². The minimum Gasteiger partial charge on any atom is -0.360 e. The second-order valence-corrected chi connectivity index (χ2v) is 6.29. The normalized spacial score (nSPS) is 11.5. The van der Waals surface area contributed by atoms with Crippen LogP contribution in [0.1, 0.15) is 5.56 Å². The van der Waals surface area contributed by atoms with Crippen LogP contribution in [0.25, 0.3) is 22.0 Å². The Balaban J connectivity index is 2.23. The number of nitrogens with two attached hydrogens (primary N) is 1. The van der Waals surface area contributed by atoms with E-state index >= 15 is 0 Å². The fourth-order valence-corrected chi connectivity index (χ4v) is 3.02. The molecule has 3 N–H and O–H groups in total. The first-order chi connectivity index (χ1) is 10.4. The zero-order valence-electron chi connectivity index (χ0n) is 11.2. The molecule has 0 aliphatic carbocycles. The predicted molar refractivity (Wildman–Crippen MR) is 79.8 cm³/mol. The minimum absolute atomic E-state index is 0.0431. The van der Waals surface area contributed by atoms with Gasteiger partial charge in [0.1, 0.15) is 10.7 Å². The Morgan fingerprint density at radius 1 is 1.18 bits per heavy atom. The number of primary sulfonamides is 1. The van der Waals surface area contributed by atoms with Gasteiger partial charge >= 0.3 is 0 Å². The molecular weight excluding hydrogens is 305 g/mol. The third kappa shape index (κ3) is 2.35. The molecule has 5 nitrogen and oxygen atoms in total. The molecule has 0 saturated heterocycles. The van der Waals surface area contributed by atoms with Gasteiger partial charge in [0, 0.05) is 22.7 Å². The van der Waals surface area contributed by atoms with Crippen LogP contribution in [0.15, 0.2) is 47.5 Å². The number of aromatic amines is 1.